The number of carbonyl (C=O) groups is 1. The molecule has 0 saturated heterocycles. The van der Waals surface area contributed by atoms with Gasteiger partial charge in [-0.25, -0.2) is 18.7 Å². The molecule has 6 nitrogen and oxygen atoms in total. The van der Waals surface area contributed by atoms with Crippen LogP contribution in [-0.4, -0.2) is 32.4 Å². The molecular formula is C26H21F2N5O. The molecule has 8 heteroatoms. The number of benzene rings is 2. The predicted molar refractivity (Wildman–Crippen MR) is 125 cm³/mol. The molecule has 0 N–H and O–H groups in total. The van der Waals surface area contributed by atoms with Crippen LogP contribution in [0.4, 0.5) is 20.4 Å². The van der Waals surface area contributed by atoms with Crippen LogP contribution in [0.1, 0.15) is 24.0 Å². The molecule has 1 aliphatic carbocycles. The van der Waals surface area contributed by atoms with Crippen LogP contribution in [0, 0.1) is 23.5 Å². The van der Waals surface area contributed by atoms with Crippen LogP contribution < -0.4 is 4.90 Å². The first kappa shape index (κ1) is 21.6. The van der Waals surface area contributed by atoms with Crippen molar-refractivity contribution in [3.05, 3.63) is 83.9 Å². The Labute approximate surface area is 195 Å². The first-order valence-corrected chi connectivity index (χ1v) is 10.7. The van der Waals surface area contributed by atoms with E-state index in [9.17, 15) is 4.79 Å². The molecule has 0 atom stereocenters. The van der Waals surface area contributed by atoms with Crippen molar-refractivity contribution in [2.24, 2.45) is 7.05 Å². The number of nitrogens with zero attached hydrogens (tertiary/aromatic N) is 5. The maximum Gasteiger partial charge on any atom is 0.211 e. The Morgan fingerprint density at radius 3 is 2.32 bits per heavy atom. The summed E-state index contributed by atoms with van der Waals surface area (Å²) < 4.78 is 33.8. The Morgan fingerprint density at radius 1 is 1.06 bits per heavy atom. The summed E-state index contributed by atoms with van der Waals surface area (Å²) in [4.78, 5) is 22.1. The topological polar surface area (TPSA) is 56.0 Å². The number of imidazole rings is 2. The number of aryl methyl sites for hydroxylation is 1. The molecule has 34 heavy (non-hydrogen) atoms. The number of hydrogen-bond acceptors (Lipinski definition) is 4. The third kappa shape index (κ3) is 3.75. The lowest BCUT2D eigenvalue weighted by Crippen LogP contribution is -2.26. The van der Waals surface area contributed by atoms with E-state index in [4.69, 9.17) is 0 Å². The van der Waals surface area contributed by atoms with E-state index < -0.39 is 17.2 Å². The lowest BCUT2D eigenvalue weighted by atomic mass is 10.1. The molecule has 5 rings (SSSR count). The van der Waals surface area contributed by atoms with Crippen LogP contribution in [0.15, 0.2) is 61.2 Å². The fraction of sp³-hybridized carbons (Fsp3) is 0.192. The highest BCUT2D eigenvalue weighted by Gasteiger charge is 2.48. The minimum atomic E-state index is -0.805. The Bertz CT molecular complexity index is 1420. The summed E-state index contributed by atoms with van der Waals surface area (Å²) in [7, 11) is 3.36. The standard InChI is InChI=1S/C26H21F2N5O/c1-31-15-22(30-17-31)23-14-29-25(33(23)26(16-34)10-11-26)32(2)24-20(27)12-19(13-21(24)28)9-8-18-6-4-3-5-7-18/h3-7,12-17H,10-11H2,1-2H3. The first-order valence-electron chi connectivity index (χ1n) is 10.7. The van der Waals surface area contributed by atoms with Crippen molar-refractivity contribution in [2.45, 2.75) is 18.4 Å². The highest BCUT2D eigenvalue weighted by Crippen LogP contribution is 2.47. The molecule has 0 radical (unpaired) electrons. The number of aldehydes is 1. The third-order valence-corrected chi connectivity index (χ3v) is 5.91. The summed E-state index contributed by atoms with van der Waals surface area (Å²) in [6.45, 7) is 0. The average Bonchev–Trinajstić information content (AvgIpc) is 3.28. The Kier molecular flexibility index (Phi) is 5.25. The zero-order chi connectivity index (χ0) is 23.9. The fourth-order valence-corrected chi connectivity index (χ4v) is 3.99. The van der Waals surface area contributed by atoms with Gasteiger partial charge < -0.3 is 14.3 Å². The van der Waals surface area contributed by atoms with Crippen molar-refractivity contribution in [2.75, 3.05) is 11.9 Å². The lowest BCUT2D eigenvalue weighted by Gasteiger charge is -2.24. The van der Waals surface area contributed by atoms with Gasteiger partial charge in [0.1, 0.15) is 23.2 Å². The zero-order valence-corrected chi connectivity index (χ0v) is 18.7. The molecule has 0 spiro atoms. The monoisotopic (exact) mass is 457 g/mol. The van der Waals surface area contributed by atoms with Gasteiger partial charge in [0.25, 0.3) is 0 Å². The maximum absolute atomic E-state index is 15.2. The highest BCUT2D eigenvalue weighted by molar-refractivity contribution is 5.73. The summed E-state index contributed by atoms with van der Waals surface area (Å²) in [6, 6.07) is 11.6. The molecule has 1 aliphatic rings. The van der Waals surface area contributed by atoms with Crippen LogP contribution in [0.2, 0.25) is 0 Å². The summed E-state index contributed by atoms with van der Waals surface area (Å²) in [6.07, 6.45) is 7.13. The van der Waals surface area contributed by atoms with Crippen LogP contribution in [0.3, 0.4) is 0 Å². The Hall–Kier alpha value is -4.25. The molecule has 0 amide bonds. The second kappa shape index (κ2) is 8.27. The molecule has 0 bridgehead atoms. The summed E-state index contributed by atoms with van der Waals surface area (Å²) in [5.41, 5.74) is 1.12. The predicted octanol–water partition coefficient (Wildman–Crippen LogP) is 4.42. The van der Waals surface area contributed by atoms with Crippen LogP contribution >= 0.6 is 0 Å². The second-order valence-corrected chi connectivity index (χ2v) is 8.39. The van der Waals surface area contributed by atoms with Crippen LogP contribution in [0.25, 0.3) is 11.4 Å². The van der Waals surface area contributed by atoms with Crippen molar-refractivity contribution in [1.82, 2.24) is 19.1 Å². The molecule has 0 aliphatic heterocycles. The molecule has 170 valence electrons. The van der Waals surface area contributed by atoms with Gasteiger partial charge in [-0.15, -0.1) is 0 Å². The van der Waals surface area contributed by atoms with E-state index in [1.165, 1.54) is 24.1 Å². The van der Waals surface area contributed by atoms with E-state index in [0.29, 0.717) is 24.2 Å². The van der Waals surface area contributed by atoms with Gasteiger partial charge in [0.15, 0.2) is 11.6 Å². The van der Waals surface area contributed by atoms with Gasteiger partial charge in [0.2, 0.25) is 5.95 Å². The van der Waals surface area contributed by atoms with Crippen molar-refractivity contribution in [1.29, 1.82) is 0 Å². The van der Waals surface area contributed by atoms with Gasteiger partial charge in [-0.2, -0.15) is 0 Å². The average molecular weight is 457 g/mol. The largest absolute Gasteiger partial charge is 0.340 e. The maximum atomic E-state index is 15.2. The second-order valence-electron chi connectivity index (χ2n) is 8.39. The number of rotatable bonds is 5. The fourth-order valence-electron chi connectivity index (χ4n) is 3.99. The number of carbonyl (C=O) groups excluding carboxylic acids is 1. The minimum absolute atomic E-state index is 0.222. The van der Waals surface area contributed by atoms with E-state index in [1.807, 2.05) is 37.4 Å². The Balaban J connectivity index is 1.55. The van der Waals surface area contributed by atoms with E-state index >= 15 is 8.78 Å². The number of hydrogen-bond donors (Lipinski definition) is 0. The van der Waals surface area contributed by atoms with Crippen molar-refractivity contribution in [3.8, 4) is 23.2 Å². The summed E-state index contributed by atoms with van der Waals surface area (Å²) in [5.74, 6) is 4.42. The first-order chi connectivity index (χ1) is 16.4. The van der Waals surface area contributed by atoms with E-state index in [0.717, 1.165) is 11.8 Å². The van der Waals surface area contributed by atoms with Crippen molar-refractivity contribution in [3.63, 3.8) is 0 Å². The molecule has 4 aromatic rings. The molecule has 1 saturated carbocycles. The third-order valence-electron chi connectivity index (χ3n) is 5.91. The molecular weight excluding hydrogens is 436 g/mol. The number of anilines is 2. The van der Waals surface area contributed by atoms with Gasteiger partial charge in [0, 0.05) is 31.4 Å². The minimum Gasteiger partial charge on any atom is -0.340 e. The normalized spacial score (nSPS) is 13.8. The smallest absolute Gasteiger partial charge is 0.211 e. The van der Waals surface area contributed by atoms with Crippen molar-refractivity contribution >= 4 is 17.9 Å². The quantitative estimate of drug-likeness (QED) is 0.329. The zero-order valence-electron chi connectivity index (χ0n) is 18.7. The van der Waals surface area contributed by atoms with Gasteiger partial charge in [0.05, 0.1) is 18.2 Å². The van der Waals surface area contributed by atoms with E-state index in [-0.39, 0.29) is 17.2 Å². The van der Waals surface area contributed by atoms with Crippen LogP contribution in [0.5, 0.6) is 0 Å². The van der Waals surface area contributed by atoms with Gasteiger partial charge in [-0.05, 0) is 37.1 Å². The number of aromatic nitrogens is 4. The SMILES string of the molecule is CN(c1c(F)cc(C#Cc2ccccc2)cc1F)c1ncc(-c2cn(C)cn2)n1C1(C=O)CC1. The van der Waals surface area contributed by atoms with E-state index in [1.54, 1.807) is 27.9 Å². The summed E-state index contributed by atoms with van der Waals surface area (Å²) in [5, 5.41) is 0. The lowest BCUT2D eigenvalue weighted by molar-refractivity contribution is -0.111. The molecule has 2 aromatic heterocycles. The Morgan fingerprint density at radius 2 is 1.74 bits per heavy atom. The molecule has 1 fully saturated rings. The van der Waals surface area contributed by atoms with E-state index in [2.05, 4.69) is 21.8 Å². The molecule has 2 aromatic carbocycles. The molecule has 2 heterocycles. The molecule has 0 unspecified atom stereocenters. The highest BCUT2D eigenvalue weighted by atomic mass is 19.1. The van der Waals surface area contributed by atoms with Gasteiger partial charge in [-0.1, -0.05) is 30.0 Å². The van der Waals surface area contributed by atoms with Gasteiger partial charge in [-0.3, -0.25) is 4.57 Å². The number of halogens is 2. The van der Waals surface area contributed by atoms with Gasteiger partial charge >= 0.3 is 0 Å². The van der Waals surface area contributed by atoms with Crippen molar-refractivity contribution < 1.29 is 13.6 Å². The summed E-state index contributed by atoms with van der Waals surface area (Å²) >= 11 is 0. The van der Waals surface area contributed by atoms with Crippen LogP contribution in [-0.2, 0) is 17.4 Å².